The van der Waals surface area contributed by atoms with Crippen molar-refractivity contribution in [3.8, 4) is 28.9 Å². The molecule has 11 amide bonds. The Kier molecular flexibility index (Phi) is 33.7. The van der Waals surface area contributed by atoms with Crippen molar-refractivity contribution in [3.05, 3.63) is 194 Å². The van der Waals surface area contributed by atoms with Crippen LogP contribution < -0.4 is 79.6 Å². The van der Waals surface area contributed by atoms with Gasteiger partial charge in [0.15, 0.2) is 11.2 Å². The smallest absolute Gasteiger partial charge is 0.255 e. The fourth-order valence-electron chi connectivity index (χ4n) is 13.4. The molecule has 8 bridgehead atoms. The van der Waals surface area contributed by atoms with Gasteiger partial charge in [-0.15, -0.1) is 0 Å². The highest BCUT2D eigenvalue weighted by Crippen LogP contribution is 2.28. The van der Waals surface area contributed by atoms with E-state index in [0.717, 1.165) is 29.5 Å². The number of nitrogens with zero attached hydrogens (tertiary/aromatic N) is 6. The predicted molar refractivity (Wildman–Crippen MR) is 444 cm³/mol. The Hall–Kier alpha value is -13.3. The molecule has 6 aromatic carbocycles. The third-order valence-corrected chi connectivity index (χ3v) is 20.1. The lowest BCUT2D eigenvalue weighted by Gasteiger charge is -2.28. The number of aryl methyl sites for hydroxylation is 1. The second-order valence-corrected chi connectivity index (χ2v) is 28.8. The van der Waals surface area contributed by atoms with Crippen LogP contribution in [0.25, 0.3) is 11.2 Å². The molecule has 8 aromatic rings. The Morgan fingerprint density at radius 3 is 1.29 bits per heavy atom. The number of hydrogen-bond donors (Lipinski definition) is 18. The minimum atomic E-state index is -0.709. The number of anilines is 1. The highest BCUT2D eigenvalue weighted by Gasteiger charge is 2.26. The topological polar surface area (TPSA) is 510 Å². The van der Waals surface area contributed by atoms with E-state index in [9.17, 15) is 73.2 Å². The summed E-state index contributed by atoms with van der Waals surface area (Å²) in [4.78, 5) is 164. The zero-order valence-electron chi connectivity index (χ0n) is 66.9. The second kappa shape index (κ2) is 45.4. The average Bonchev–Trinajstić information content (AvgIpc) is 1.64. The van der Waals surface area contributed by atoms with Crippen LogP contribution in [0.4, 0.5) is 5.95 Å². The number of rotatable bonds is 23. The maximum absolute atomic E-state index is 14.1. The van der Waals surface area contributed by atoms with Crippen molar-refractivity contribution in [1.82, 2.24) is 98.4 Å². The second-order valence-electron chi connectivity index (χ2n) is 28.8. The van der Waals surface area contributed by atoms with Crippen LogP contribution in [0.2, 0.25) is 0 Å². The molecule has 2 aliphatic rings. The molecule has 19 N–H and O–H groups in total. The molecule has 36 nitrogen and oxygen atoms in total. The first-order chi connectivity index (χ1) is 58.1. The highest BCUT2D eigenvalue weighted by molar-refractivity contribution is 6.07. The van der Waals surface area contributed by atoms with E-state index >= 15 is 0 Å². The van der Waals surface area contributed by atoms with Gasteiger partial charge in [0.2, 0.25) is 23.6 Å². The quantitative estimate of drug-likeness (QED) is 0.0409. The number of nitrogens with one attached hydrogen (secondary N) is 13. The molecule has 10 rings (SSSR count). The number of ether oxygens (including phenoxy) is 1. The van der Waals surface area contributed by atoms with Crippen LogP contribution in [0.3, 0.4) is 0 Å². The number of para-hydroxylation sites is 4. The fourth-order valence-corrected chi connectivity index (χ4v) is 13.4. The Morgan fingerprint density at radius 1 is 0.450 bits per heavy atom. The molecule has 4 heterocycles. The maximum Gasteiger partial charge on any atom is 0.255 e. The number of fused-ring (bicyclic) bond motifs is 9. The first kappa shape index (κ1) is 89.0. The SMILES string of the molecule is Cn1cnc2c(OCc3ccc(CNC(=O)c4ccc(CNC(=O)CCCCCCC(=O)NCCCCC5CNCCNC(=O)c6cccc(c6O)C(=O)NCCN(CCN6CCNC(=O)c7cccc(c7O)C(=O)NCCNCCNC(=O)c7cccc(c7O)C(=O)NCC6)CCNC(=O)c6cccc(c6O)C(=O)N5)cc4)cc3)nc(N)nc21. The Balaban J connectivity index is 0.676. The standard InChI is InChI=1S/C84H104N20O16/c1-102-52-98-68-73(102)100-84(85)101-83(68)120-51-55-25-23-53(24-26-55)49-97-74(111)56-29-27-54(28-30-56)48-96-67(106)22-5-3-2-4-21-66(105)88-31-7-6-12-57-50-87-34-37-91-77(114)60-15-10-18-63(71(60)109)80(117)94-40-44-104(45-41-95-81(118)64-19-11-20-65(72(64)110)82(119)99-57)47-46-103-42-38-92-78(115)61-16-8-13-58(69(61)107)75(112)89-35-32-86-33-36-90-76(113)59-14-9-17-62(70(59)108)79(116)93-39-43-103/h8-11,13-20,23-30,52,57,86-87,107-110H,2-7,12,21-22,31-51H2,1H3,(H,88,105)(H,89,112)(H,90,113)(H,91,114)(H,92,115)(H,93,116)(H,94,117)(H,95,118)(H,96,106)(H,97,111)(H,99,119)(H2,85,100,101). The molecule has 2 aromatic heterocycles. The zero-order valence-corrected chi connectivity index (χ0v) is 66.9. The van der Waals surface area contributed by atoms with Crippen molar-refractivity contribution in [2.75, 3.05) is 124 Å². The number of nitrogen functional groups attached to an aromatic ring is 1. The van der Waals surface area contributed by atoms with Gasteiger partial charge in [-0.1, -0.05) is 73.5 Å². The van der Waals surface area contributed by atoms with Crippen LogP contribution in [0.1, 0.15) is 168 Å². The molecule has 0 saturated carbocycles. The number of benzene rings is 6. The molecule has 1 atom stereocenters. The number of imidazole rings is 1. The van der Waals surface area contributed by atoms with Crippen molar-refractivity contribution in [1.29, 1.82) is 0 Å². The van der Waals surface area contributed by atoms with Crippen LogP contribution in [-0.2, 0) is 36.3 Å². The molecule has 0 aliphatic carbocycles. The van der Waals surface area contributed by atoms with Gasteiger partial charge in [0.1, 0.15) is 29.6 Å². The number of carbonyl (C=O) groups is 11. The van der Waals surface area contributed by atoms with Gasteiger partial charge in [0, 0.05) is 162 Å². The molecule has 120 heavy (non-hydrogen) atoms. The van der Waals surface area contributed by atoms with Crippen LogP contribution in [0, 0.1) is 0 Å². The number of carbonyl (C=O) groups excluding carboxylic acids is 11. The van der Waals surface area contributed by atoms with Crippen molar-refractivity contribution in [3.63, 3.8) is 0 Å². The van der Waals surface area contributed by atoms with Gasteiger partial charge in [-0.05, 0) is 109 Å². The molecule has 2 aliphatic heterocycles. The maximum atomic E-state index is 14.1. The number of hydrogen-bond acceptors (Lipinski definition) is 24. The van der Waals surface area contributed by atoms with Crippen LogP contribution >= 0.6 is 0 Å². The lowest BCUT2D eigenvalue weighted by atomic mass is 10.1. The van der Waals surface area contributed by atoms with Crippen LogP contribution in [0.15, 0.2) is 128 Å². The molecule has 0 saturated heterocycles. The molecule has 0 spiro atoms. The summed E-state index contributed by atoms with van der Waals surface area (Å²) in [7, 11) is 1.81. The third-order valence-electron chi connectivity index (χ3n) is 20.1. The van der Waals surface area contributed by atoms with Crippen molar-refractivity contribution >= 4 is 82.1 Å². The monoisotopic (exact) mass is 1650 g/mol. The summed E-state index contributed by atoms with van der Waals surface area (Å²) in [6.45, 7) is 3.38. The average molecular weight is 1650 g/mol. The van der Waals surface area contributed by atoms with Gasteiger partial charge in [-0.2, -0.15) is 9.97 Å². The third kappa shape index (κ3) is 26.3. The number of aromatic hydroxyl groups is 4. The zero-order chi connectivity index (χ0) is 85.3. The van der Waals surface area contributed by atoms with Crippen LogP contribution in [0.5, 0.6) is 28.9 Å². The molecule has 0 fully saturated rings. The molecule has 1 unspecified atom stereocenters. The van der Waals surface area contributed by atoms with E-state index < -0.39 is 76.3 Å². The summed E-state index contributed by atoms with van der Waals surface area (Å²) < 4.78 is 7.65. The summed E-state index contributed by atoms with van der Waals surface area (Å²) in [5.41, 5.74) is 8.74. The number of phenolic OH excluding ortho intramolecular Hbond substituents is 4. The van der Waals surface area contributed by atoms with E-state index in [0.29, 0.717) is 87.2 Å². The highest BCUT2D eigenvalue weighted by atomic mass is 16.5. The van der Waals surface area contributed by atoms with Gasteiger partial charge < -0.3 is 105 Å². The normalized spacial score (nSPS) is 15.9. The number of phenols is 4. The minimum Gasteiger partial charge on any atom is -0.506 e. The Morgan fingerprint density at radius 2 is 0.842 bits per heavy atom. The van der Waals surface area contributed by atoms with Gasteiger partial charge in [0.05, 0.1) is 50.8 Å². The predicted octanol–water partition coefficient (Wildman–Crippen LogP) is 2.34. The van der Waals surface area contributed by atoms with E-state index in [2.05, 4.69) is 84.1 Å². The summed E-state index contributed by atoms with van der Waals surface area (Å²) in [6, 6.07) is 30.9. The van der Waals surface area contributed by atoms with Crippen molar-refractivity contribution in [2.45, 2.75) is 83.5 Å². The molecular weight excluding hydrogens is 1550 g/mol. The van der Waals surface area contributed by atoms with Gasteiger partial charge in [0.25, 0.3) is 53.2 Å². The van der Waals surface area contributed by atoms with Crippen molar-refractivity contribution in [2.24, 2.45) is 7.05 Å². The first-order valence-corrected chi connectivity index (χ1v) is 40.1. The largest absolute Gasteiger partial charge is 0.506 e. The number of amides is 11. The van der Waals surface area contributed by atoms with Crippen molar-refractivity contribution < 1.29 is 77.9 Å². The van der Waals surface area contributed by atoms with E-state index in [4.69, 9.17) is 10.5 Å². The van der Waals surface area contributed by atoms with Crippen LogP contribution in [-0.4, -0.2) is 239 Å². The summed E-state index contributed by atoms with van der Waals surface area (Å²) in [5, 5.41) is 82.6. The lowest BCUT2D eigenvalue weighted by Crippen LogP contribution is -2.46. The molecule has 0 radical (unpaired) electrons. The molecule has 36 heteroatoms. The van der Waals surface area contributed by atoms with Gasteiger partial charge in [-0.25, -0.2) is 4.98 Å². The Bertz CT molecular complexity index is 4840. The van der Waals surface area contributed by atoms with E-state index in [1.165, 1.54) is 72.8 Å². The molecule has 636 valence electrons. The Labute approximate surface area is 692 Å². The lowest BCUT2D eigenvalue weighted by molar-refractivity contribution is -0.122. The van der Waals surface area contributed by atoms with Gasteiger partial charge >= 0.3 is 0 Å². The number of aromatic nitrogens is 4. The number of nitrogens with two attached hydrogens (primary N) is 1. The number of unbranched alkanes of at least 4 members (excludes halogenated alkanes) is 4. The van der Waals surface area contributed by atoms with E-state index in [-0.39, 0.29) is 186 Å². The van der Waals surface area contributed by atoms with E-state index in [1.54, 1.807) is 42.2 Å². The van der Waals surface area contributed by atoms with Gasteiger partial charge in [-0.3, -0.25) is 62.5 Å². The van der Waals surface area contributed by atoms with E-state index in [1.807, 2.05) is 34.1 Å². The summed E-state index contributed by atoms with van der Waals surface area (Å²) in [5.74, 6) is -7.67. The first-order valence-electron chi connectivity index (χ1n) is 40.1. The minimum absolute atomic E-state index is 0.00904. The summed E-state index contributed by atoms with van der Waals surface area (Å²) >= 11 is 0. The molecular formula is C84H104N20O16. The fraction of sp³-hybridized carbons (Fsp3) is 0.381. The summed E-state index contributed by atoms with van der Waals surface area (Å²) in [6.07, 6.45) is 6.47.